The molecular weight excluding hydrogens is 1080 g/mol. The number of aromatic nitrogens is 3. The van der Waals surface area contributed by atoms with Crippen LogP contribution in [-0.2, 0) is 52.2 Å². The van der Waals surface area contributed by atoms with Gasteiger partial charge < -0.3 is 15.0 Å². The van der Waals surface area contributed by atoms with Gasteiger partial charge in [0.25, 0.3) is 0 Å². The number of nitriles is 2. The van der Waals surface area contributed by atoms with Gasteiger partial charge in [-0.15, -0.1) is 94.5 Å². The van der Waals surface area contributed by atoms with Crippen LogP contribution in [0.2, 0.25) is 0 Å². The number of aryl methyl sites for hydroxylation is 7. The van der Waals surface area contributed by atoms with Gasteiger partial charge in [0.2, 0.25) is 0 Å². The molecule has 7 aromatic carbocycles. The third kappa shape index (κ3) is 11.4. The molecule has 74 heavy (non-hydrogen) atoms. The Balaban J connectivity index is 0.00000706. The average Bonchev–Trinajstić information content (AvgIpc) is 3.46. The van der Waals surface area contributed by atoms with Crippen LogP contribution in [0.5, 0.6) is 0 Å². The van der Waals surface area contributed by atoms with Crippen molar-refractivity contribution < 1.29 is 22.8 Å². The fourth-order valence-corrected chi connectivity index (χ4v) is 9.71. The van der Waals surface area contributed by atoms with Gasteiger partial charge in [0.05, 0.1) is 23.3 Å². The van der Waals surface area contributed by atoms with Crippen LogP contribution in [0.25, 0.3) is 78.3 Å². The standard InChI is InChI=1S/C68H52N5.Ir/c1-4-11-50-25-33-67(73-45-50)56-30-32-63(64(42-56)57-37-47(3)68(59(41-57)44-70)60-31-24-53(43-69)36-46(60)2)62-13-6-5-12-61(62)58-39-51(18-16-48-20-26-54(27-21-48)65-14-7-9-34-71-65)38-52(40-58)19-17-49-22-28-55(29-23-49)66-15-8-10-35-72-66;/h5-10,12-15,20-26,28,31-42,45H,4,11,16-19H2,1-3H3;/q-3;+3/i11D2;. The second-order valence-corrected chi connectivity index (χ2v) is 18.3. The Morgan fingerprint density at radius 2 is 1.07 bits per heavy atom. The molecule has 3 aromatic heterocycles. The molecular formula is C68H52IrN5. The van der Waals surface area contributed by atoms with E-state index in [2.05, 4.69) is 131 Å². The van der Waals surface area contributed by atoms with Gasteiger partial charge in [-0.05, 0) is 131 Å². The Hall–Kier alpha value is -8.38. The molecule has 10 aromatic rings. The van der Waals surface area contributed by atoms with Crippen LogP contribution >= 0.6 is 0 Å². The van der Waals surface area contributed by atoms with Crippen molar-refractivity contribution in [3.8, 4) is 90.4 Å². The van der Waals surface area contributed by atoms with E-state index in [4.69, 9.17) is 7.73 Å². The van der Waals surface area contributed by atoms with Gasteiger partial charge in [-0.3, -0.25) is 0 Å². The molecule has 0 bridgehead atoms. The average molecular weight is 1130 g/mol. The van der Waals surface area contributed by atoms with Crippen molar-refractivity contribution in [2.45, 2.75) is 59.2 Å². The monoisotopic (exact) mass is 1130 g/mol. The summed E-state index contributed by atoms with van der Waals surface area (Å²) in [5, 5.41) is 20.5. The van der Waals surface area contributed by atoms with Crippen LogP contribution in [0.4, 0.5) is 0 Å². The third-order valence-corrected chi connectivity index (χ3v) is 13.4. The zero-order chi connectivity index (χ0) is 51.9. The molecule has 0 saturated heterocycles. The van der Waals surface area contributed by atoms with Gasteiger partial charge in [0, 0.05) is 26.9 Å². The summed E-state index contributed by atoms with van der Waals surface area (Å²) in [6, 6.07) is 72.9. The maximum absolute atomic E-state index is 10.8. The molecule has 358 valence electrons. The summed E-state index contributed by atoms with van der Waals surface area (Å²) in [7, 11) is 0. The van der Waals surface area contributed by atoms with E-state index >= 15 is 0 Å². The molecule has 0 aliphatic heterocycles. The summed E-state index contributed by atoms with van der Waals surface area (Å²) in [5.74, 6) is 0. The molecule has 0 fully saturated rings. The van der Waals surface area contributed by atoms with Gasteiger partial charge in [-0.25, -0.2) is 0 Å². The molecule has 3 heterocycles. The van der Waals surface area contributed by atoms with Crippen LogP contribution in [-0.4, -0.2) is 15.0 Å². The molecule has 0 aliphatic rings. The first kappa shape index (κ1) is 47.9. The largest absolute Gasteiger partial charge is 3.00 e. The summed E-state index contributed by atoms with van der Waals surface area (Å²) in [6.45, 7) is 5.85. The van der Waals surface area contributed by atoms with E-state index in [-0.39, 0.29) is 20.1 Å². The normalized spacial score (nSPS) is 11.4. The van der Waals surface area contributed by atoms with E-state index in [0.29, 0.717) is 28.8 Å². The molecule has 0 atom stereocenters. The first-order chi connectivity index (χ1) is 36.6. The fourth-order valence-electron chi connectivity index (χ4n) is 9.71. The topological polar surface area (TPSA) is 86.2 Å². The number of rotatable bonds is 15. The molecule has 0 aliphatic carbocycles. The van der Waals surface area contributed by atoms with E-state index in [0.717, 1.165) is 109 Å². The van der Waals surface area contributed by atoms with E-state index in [9.17, 15) is 10.5 Å². The van der Waals surface area contributed by atoms with E-state index in [1.807, 2.05) is 93.6 Å². The predicted molar refractivity (Wildman–Crippen MR) is 295 cm³/mol. The summed E-state index contributed by atoms with van der Waals surface area (Å²) in [5.41, 5.74) is 21.1. The van der Waals surface area contributed by atoms with Gasteiger partial charge in [-0.1, -0.05) is 134 Å². The SMILES string of the molecule is [2H]C([2H])(CC)c1ccc(-c2[c-]cc(-c3ccccc3-c3cc(CCc4c[c-]c(-c5ccccn5)cc4)cc(CCc4c[c-]c(-c5ccccn5)cc4)c3)c(-c3cc(C)c(-c4ccc(C#N)cc4C)c(C#N)c3)c2)nc1.[Ir+3]. The van der Waals surface area contributed by atoms with Crippen molar-refractivity contribution >= 4 is 0 Å². The number of nitrogens with zero attached hydrogens (tertiary/aromatic N) is 5. The third-order valence-electron chi connectivity index (χ3n) is 13.4. The van der Waals surface area contributed by atoms with Crippen LogP contribution in [0, 0.1) is 54.7 Å². The van der Waals surface area contributed by atoms with Crippen molar-refractivity contribution in [3.05, 3.63) is 257 Å². The molecule has 0 amide bonds. The number of pyridine rings is 3. The van der Waals surface area contributed by atoms with Crippen LogP contribution in [0.3, 0.4) is 0 Å². The van der Waals surface area contributed by atoms with Crippen molar-refractivity contribution in [3.63, 3.8) is 0 Å². The van der Waals surface area contributed by atoms with Crippen molar-refractivity contribution in [2.75, 3.05) is 0 Å². The summed E-state index contributed by atoms with van der Waals surface area (Å²) in [6.07, 6.45) is 7.40. The predicted octanol–water partition coefficient (Wildman–Crippen LogP) is 15.8. The minimum atomic E-state index is -1.50. The maximum Gasteiger partial charge on any atom is 3.00 e. The van der Waals surface area contributed by atoms with E-state index in [1.54, 1.807) is 24.7 Å². The zero-order valence-corrected chi connectivity index (χ0v) is 43.9. The van der Waals surface area contributed by atoms with Crippen molar-refractivity contribution in [1.29, 1.82) is 10.5 Å². The second-order valence-electron chi connectivity index (χ2n) is 18.3. The second kappa shape index (κ2) is 23.4. The number of hydrogen-bond donors (Lipinski definition) is 0. The van der Waals surface area contributed by atoms with Gasteiger partial charge in [0.1, 0.15) is 0 Å². The minimum Gasteiger partial charge on any atom is -0.305 e. The first-order valence-corrected chi connectivity index (χ1v) is 24.7. The maximum atomic E-state index is 10.8. The quantitative estimate of drug-likeness (QED) is 0.0955. The van der Waals surface area contributed by atoms with E-state index in [1.165, 1.54) is 22.3 Å². The molecule has 0 saturated carbocycles. The van der Waals surface area contributed by atoms with Crippen LogP contribution < -0.4 is 0 Å². The Kier molecular flexibility index (Phi) is 15.2. The smallest absolute Gasteiger partial charge is 0.305 e. The summed E-state index contributed by atoms with van der Waals surface area (Å²) >= 11 is 0. The molecule has 0 radical (unpaired) electrons. The molecule has 0 spiro atoms. The zero-order valence-electron chi connectivity index (χ0n) is 43.5. The Labute approximate surface area is 452 Å². The number of hydrogen-bond acceptors (Lipinski definition) is 5. The van der Waals surface area contributed by atoms with Crippen LogP contribution in [0.15, 0.2) is 188 Å². The Morgan fingerprint density at radius 1 is 0.473 bits per heavy atom. The number of benzene rings is 7. The molecule has 10 rings (SSSR count). The molecule has 6 heteroatoms. The van der Waals surface area contributed by atoms with Gasteiger partial charge >= 0.3 is 20.1 Å². The Bertz CT molecular complexity index is 3650. The van der Waals surface area contributed by atoms with Gasteiger partial charge in [-0.2, -0.15) is 10.5 Å². The minimum absolute atomic E-state index is 0. The summed E-state index contributed by atoms with van der Waals surface area (Å²) < 4.78 is 17.0. The van der Waals surface area contributed by atoms with Crippen LogP contribution in [0.1, 0.15) is 66.2 Å². The van der Waals surface area contributed by atoms with Crippen molar-refractivity contribution in [2.24, 2.45) is 0 Å². The molecule has 0 unspecified atom stereocenters. The van der Waals surface area contributed by atoms with Gasteiger partial charge in [0.15, 0.2) is 0 Å². The fraction of sp³-hybridized carbons (Fsp3) is 0.132. The Morgan fingerprint density at radius 3 is 1.62 bits per heavy atom. The van der Waals surface area contributed by atoms with Crippen molar-refractivity contribution in [1.82, 2.24) is 15.0 Å². The van der Waals surface area contributed by atoms with E-state index < -0.39 is 6.37 Å². The summed E-state index contributed by atoms with van der Waals surface area (Å²) in [4.78, 5) is 13.8. The molecule has 0 N–H and O–H groups in total. The first-order valence-electron chi connectivity index (χ1n) is 25.7. The molecule has 5 nitrogen and oxygen atoms in total.